The van der Waals surface area contributed by atoms with Crippen LogP contribution < -0.4 is 20.8 Å². The van der Waals surface area contributed by atoms with Gasteiger partial charge in [-0.3, -0.25) is 19.1 Å². The SMILES string of the molecule is CC(C)Oc1ccc(CN2CCC3(CC2)Cn2c(nn(CC4CC4)c(=O)c2=O)N3C)cc1. The molecule has 3 heterocycles. The second kappa shape index (κ2) is 8.06. The molecular formula is C24H33N5O3. The van der Waals surface area contributed by atoms with E-state index in [-0.39, 0.29) is 11.6 Å². The number of benzene rings is 1. The van der Waals surface area contributed by atoms with Gasteiger partial charge in [-0.25, -0.2) is 4.68 Å². The Morgan fingerprint density at radius 2 is 1.78 bits per heavy atom. The molecule has 1 saturated carbocycles. The van der Waals surface area contributed by atoms with Gasteiger partial charge < -0.3 is 9.64 Å². The Balaban J connectivity index is 1.26. The monoisotopic (exact) mass is 439 g/mol. The number of piperidine rings is 1. The lowest BCUT2D eigenvalue weighted by Crippen LogP contribution is -2.53. The largest absolute Gasteiger partial charge is 0.491 e. The van der Waals surface area contributed by atoms with Crippen LogP contribution in [0.2, 0.25) is 0 Å². The first kappa shape index (κ1) is 21.2. The van der Waals surface area contributed by atoms with Crippen molar-refractivity contribution in [3.63, 3.8) is 0 Å². The number of nitrogens with zero attached hydrogens (tertiary/aromatic N) is 5. The summed E-state index contributed by atoms with van der Waals surface area (Å²) >= 11 is 0. The summed E-state index contributed by atoms with van der Waals surface area (Å²) in [4.78, 5) is 30.0. The molecule has 0 unspecified atom stereocenters. The van der Waals surface area contributed by atoms with E-state index in [4.69, 9.17) is 4.74 Å². The van der Waals surface area contributed by atoms with Crippen molar-refractivity contribution in [2.24, 2.45) is 5.92 Å². The molecule has 0 N–H and O–H groups in total. The Bertz CT molecular complexity index is 1090. The van der Waals surface area contributed by atoms with E-state index < -0.39 is 11.1 Å². The van der Waals surface area contributed by atoms with Crippen LogP contribution in [0.25, 0.3) is 0 Å². The maximum Gasteiger partial charge on any atom is 0.332 e. The highest BCUT2D eigenvalue weighted by molar-refractivity contribution is 5.39. The Morgan fingerprint density at radius 3 is 2.41 bits per heavy atom. The van der Waals surface area contributed by atoms with Crippen LogP contribution >= 0.6 is 0 Å². The summed E-state index contributed by atoms with van der Waals surface area (Å²) in [5.41, 5.74) is 0.226. The van der Waals surface area contributed by atoms with E-state index in [0.717, 1.165) is 51.1 Å². The van der Waals surface area contributed by atoms with Gasteiger partial charge in [-0.15, -0.1) is 5.10 Å². The number of hydrogen-bond acceptors (Lipinski definition) is 6. The molecule has 8 heteroatoms. The molecule has 8 nitrogen and oxygen atoms in total. The van der Waals surface area contributed by atoms with Gasteiger partial charge in [-0.2, -0.15) is 0 Å². The number of ether oxygens (including phenoxy) is 1. The molecule has 1 saturated heterocycles. The quantitative estimate of drug-likeness (QED) is 0.642. The topological polar surface area (TPSA) is 72.6 Å². The molecule has 1 aromatic heterocycles. The van der Waals surface area contributed by atoms with E-state index >= 15 is 0 Å². The van der Waals surface area contributed by atoms with E-state index in [1.54, 1.807) is 4.57 Å². The number of fused-ring (bicyclic) bond motifs is 1. The fourth-order valence-electron chi connectivity index (χ4n) is 5.02. The van der Waals surface area contributed by atoms with E-state index in [0.29, 0.717) is 25.0 Å². The molecule has 32 heavy (non-hydrogen) atoms. The first-order valence-electron chi connectivity index (χ1n) is 11.8. The summed E-state index contributed by atoms with van der Waals surface area (Å²) in [6, 6.07) is 8.35. The smallest absolute Gasteiger partial charge is 0.332 e. The predicted molar refractivity (Wildman–Crippen MR) is 123 cm³/mol. The van der Waals surface area contributed by atoms with Crippen LogP contribution in [0.1, 0.15) is 45.1 Å². The molecule has 172 valence electrons. The van der Waals surface area contributed by atoms with Gasteiger partial charge in [0.1, 0.15) is 5.75 Å². The average Bonchev–Trinajstić information content (AvgIpc) is 3.55. The number of likely N-dealkylation sites (N-methyl/N-ethyl adjacent to an activating group) is 1. The highest BCUT2D eigenvalue weighted by Crippen LogP contribution is 2.38. The van der Waals surface area contributed by atoms with Crippen LogP contribution in [0.15, 0.2) is 33.9 Å². The second-order valence-electron chi connectivity index (χ2n) is 9.99. The standard InChI is InChI=1S/C24H33N5O3/c1-17(2)32-20-8-6-18(7-9-20)14-27-12-10-24(11-13-27)16-28-21(30)22(31)29(15-19-4-5-19)25-23(28)26(24)3/h6-9,17,19H,4-5,10-16H2,1-3H3. The average molecular weight is 440 g/mol. The van der Waals surface area contributed by atoms with Gasteiger partial charge in [0.15, 0.2) is 0 Å². The minimum Gasteiger partial charge on any atom is -0.491 e. The molecule has 1 spiro atoms. The van der Waals surface area contributed by atoms with Crippen molar-refractivity contribution in [1.29, 1.82) is 0 Å². The molecule has 0 amide bonds. The normalized spacial score (nSPS) is 20.2. The molecule has 0 bridgehead atoms. The zero-order valence-electron chi connectivity index (χ0n) is 19.3. The van der Waals surface area contributed by atoms with Crippen LogP contribution in [-0.4, -0.2) is 51.0 Å². The highest BCUT2D eigenvalue weighted by atomic mass is 16.5. The summed E-state index contributed by atoms with van der Waals surface area (Å²) in [6.07, 6.45) is 4.30. The fraction of sp³-hybridized carbons (Fsp3) is 0.625. The van der Waals surface area contributed by atoms with Crippen LogP contribution in [0.3, 0.4) is 0 Å². The van der Waals surface area contributed by atoms with Crippen LogP contribution in [0.4, 0.5) is 5.95 Å². The number of anilines is 1. The van der Waals surface area contributed by atoms with E-state index in [9.17, 15) is 9.59 Å². The fourth-order valence-corrected chi connectivity index (χ4v) is 5.02. The van der Waals surface area contributed by atoms with Crippen molar-refractivity contribution < 1.29 is 4.74 Å². The van der Waals surface area contributed by atoms with Gasteiger partial charge in [-0.1, -0.05) is 12.1 Å². The van der Waals surface area contributed by atoms with E-state index in [2.05, 4.69) is 27.0 Å². The molecule has 3 aliphatic rings. The third-order valence-corrected chi connectivity index (χ3v) is 7.19. The molecule has 5 rings (SSSR count). The minimum atomic E-state index is -0.478. The lowest BCUT2D eigenvalue weighted by Gasteiger charge is -2.43. The van der Waals surface area contributed by atoms with Gasteiger partial charge in [0.25, 0.3) is 0 Å². The minimum absolute atomic E-state index is 0.143. The lowest BCUT2D eigenvalue weighted by atomic mass is 9.87. The maximum atomic E-state index is 12.8. The summed E-state index contributed by atoms with van der Waals surface area (Å²) in [5, 5.41) is 4.61. The van der Waals surface area contributed by atoms with Gasteiger partial charge in [0.05, 0.1) is 18.2 Å². The second-order valence-corrected chi connectivity index (χ2v) is 9.99. The van der Waals surface area contributed by atoms with Crippen molar-refractivity contribution in [1.82, 2.24) is 19.2 Å². The number of hydrogen-bond donors (Lipinski definition) is 0. The molecule has 0 radical (unpaired) electrons. The number of likely N-dealkylation sites (tertiary alicyclic amines) is 1. The molecule has 1 aliphatic carbocycles. The molecule has 1 aromatic carbocycles. The van der Waals surface area contributed by atoms with Crippen molar-refractivity contribution in [2.75, 3.05) is 25.0 Å². The first-order valence-corrected chi connectivity index (χ1v) is 11.8. The first-order chi connectivity index (χ1) is 15.3. The lowest BCUT2D eigenvalue weighted by molar-refractivity contribution is 0.149. The van der Waals surface area contributed by atoms with E-state index in [1.165, 1.54) is 10.2 Å². The third-order valence-electron chi connectivity index (χ3n) is 7.19. The maximum absolute atomic E-state index is 12.8. The van der Waals surface area contributed by atoms with E-state index in [1.807, 2.05) is 33.0 Å². The van der Waals surface area contributed by atoms with Crippen molar-refractivity contribution >= 4 is 5.95 Å². The van der Waals surface area contributed by atoms with Gasteiger partial charge in [0.2, 0.25) is 5.95 Å². The van der Waals surface area contributed by atoms with Crippen LogP contribution in [0, 0.1) is 5.92 Å². The van der Waals surface area contributed by atoms with Crippen molar-refractivity contribution in [2.45, 2.75) is 70.8 Å². The van der Waals surface area contributed by atoms with Crippen LogP contribution in [-0.2, 0) is 19.6 Å². The molecular weight excluding hydrogens is 406 g/mol. The summed E-state index contributed by atoms with van der Waals surface area (Å²) in [7, 11) is 2.03. The zero-order valence-corrected chi connectivity index (χ0v) is 19.3. The number of rotatable bonds is 6. The third kappa shape index (κ3) is 3.96. The highest BCUT2D eigenvalue weighted by Gasteiger charge is 2.46. The summed E-state index contributed by atoms with van der Waals surface area (Å²) in [5.74, 6) is 2.04. The van der Waals surface area contributed by atoms with Crippen molar-refractivity contribution in [3.8, 4) is 5.75 Å². The van der Waals surface area contributed by atoms with Crippen molar-refractivity contribution in [3.05, 3.63) is 50.5 Å². The predicted octanol–water partition coefficient (Wildman–Crippen LogP) is 2.09. The molecule has 2 aliphatic heterocycles. The summed E-state index contributed by atoms with van der Waals surface area (Å²) in [6.45, 7) is 7.98. The number of aromatic nitrogens is 3. The Hall–Kier alpha value is -2.61. The molecule has 2 aromatic rings. The molecule has 0 atom stereocenters. The molecule has 2 fully saturated rings. The van der Waals surface area contributed by atoms with Gasteiger partial charge in [0, 0.05) is 33.2 Å². The van der Waals surface area contributed by atoms with Crippen LogP contribution in [0.5, 0.6) is 5.75 Å². The Kier molecular flexibility index (Phi) is 5.35. The van der Waals surface area contributed by atoms with Gasteiger partial charge >= 0.3 is 11.1 Å². The zero-order chi connectivity index (χ0) is 22.5. The Labute approximate surface area is 188 Å². The Morgan fingerprint density at radius 1 is 1.09 bits per heavy atom. The summed E-state index contributed by atoms with van der Waals surface area (Å²) < 4.78 is 8.75. The van der Waals surface area contributed by atoms with Gasteiger partial charge in [-0.05, 0) is 63.1 Å².